The smallest absolute Gasteiger partial charge is 0.251 e. The van der Waals surface area contributed by atoms with Crippen molar-refractivity contribution in [2.45, 2.75) is 70.3 Å². The van der Waals surface area contributed by atoms with Gasteiger partial charge >= 0.3 is 0 Å². The summed E-state index contributed by atoms with van der Waals surface area (Å²) in [5.41, 5.74) is 7.24. The van der Waals surface area contributed by atoms with Gasteiger partial charge in [-0.3, -0.25) is 9.59 Å². The lowest BCUT2D eigenvalue weighted by atomic mass is 9.53. The van der Waals surface area contributed by atoms with Crippen LogP contribution in [-0.2, 0) is 11.2 Å². The molecule has 4 nitrogen and oxygen atoms in total. The fraction of sp³-hybridized carbons (Fsp3) is 0.455. The number of benzene rings is 2. The Morgan fingerprint density at radius 3 is 2.57 bits per heavy atom. The molecule has 2 aromatic rings. The highest BCUT2D eigenvalue weighted by atomic mass is 16.3. The Kier molecular flexibility index (Phi) is 6.40. The molecule has 4 heteroatoms. The molecule has 5 unspecified atom stereocenters. The van der Waals surface area contributed by atoms with E-state index in [2.05, 4.69) is 36.5 Å². The normalized spacial score (nSPS) is 30.8. The second-order valence-electron chi connectivity index (χ2n) is 11.8. The van der Waals surface area contributed by atoms with Gasteiger partial charge in [-0.2, -0.15) is 0 Å². The number of hydrogen-bond acceptors (Lipinski definition) is 3. The van der Waals surface area contributed by atoms with Crippen molar-refractivity contribution in [1.29, 1.82) is 0 Å². The summed E-state index contributed by atoms with van der Waals surface area (Å²) in [6, 6.07) is 18.4. The number of ketones is 1. The Bertz CT molecular complexity index is 1260. The van der Waals surface area contributed by atoms with E-state index in [1.165, 1.54) is 27.8 Å². The fourth-order valence-corrected chi connectivity index (χ4v) is 7.87. The fourth-order valence-electron chi connectivity index (χ4n) is 7.87. The van der Waals surface area contributed by atoms with Crippen LogP contribution >= 0.6 is 0 Å². The Balaban J connectivity index is 1.27. The molecule has 192 valence electrons. The Hall–Kier alpha value is -2.98. The van der Waals surface area contributed by atoms with E-state index in [0.717, 1.165) is 44.9 Å². The van der Waals surface area contributed by atoms with Crippen LogP contribution in [0.1, 0.15) is 79.3 Å². The molecule has 4 aliphatic rings. The maximum atomic E-state index is 12.8. The number of carbonyl (C=O) groups is 2. The molecule has 0 heterocycles. The number of amides is 1. The van der Waals surface area contributed by atoms with Crippen LogP contribution in [0.5, 0.6) is 0 Å². The highest BCUT2D eigenvalue weighted by molar-refractivity contribution is 5.94. The molecule has 2 saturated carbocycles. The molecule has 5 atom stereocenters. The standard InChI is InChI=1S/C33H37NO3/c1-33-20-28(22-7-9-23(10-8-22)32(37)34-18-17-21-5-3-2-4-6-21)31-26-14-12-25(35)19-24(26)11-13-27(31)29(33)15-16-30(33)36/h2-10,19,27-30,36H,11-18,20H2,1H3,(H,34,37). The van der Waals surface area contributed by atoms with Crippen LogP contribution in [0.2, 0.25) is 0 Å². The van der Waals surface area contributed by atoms with Crippen LogP contribution in [0.4, 0.5) is 0 Å². The van der Waals surface area contributed by atoms with E-state index in [-0.39, 0.29) is 29.1 Å². The summed E-state index contributed by atoms with van der Waals surface area (Å²) in [6.45, 7) is 2.91. The number of hydrogen-bond donors (Lipinski definition) is 2. The molecule has 37 heavy (non-hydrogen) atoms. The third-order valence-electron chi connectivity index (χ3n) is 9.80. The highest BCUT2D eigenvalue weighted by Crippen LogP contribution is 2.63. The van der Waals surface area contributed by atoms with E-state index in [0.29, 0.717) is 30.4 Å². The Morgan fingerprint density at radius 2 is 1.78 bits per heavy atom. The second-order valence-corrected chi connectivity index (χ2v) is 11.8. The van der Waals surface area contributed by atoms with Gasteiger partial charge in [0.1, 0.15) is 0 Å². The van der Waals surface area contributed by atoms with Gasteiger partial charge in [-0.1, -0.05) is 55.0 Å². The quantitative estimate of drug-likeness (QED) is 0.541. The molecule has 0 aromatic heterocycles. The number of rotatable bonds is 5. The molecule has 2 fully saturated rings. The lowest BCUT2D eigenvalue weighted by Gasteiger charge is -2.52. The number of nitrogens with one attached hydrogen (secondary N) is 1. The highest BCUT2D eigenvalue weighted by Gasteiger charge is 2.56. The zero-order valence-corrected chi connectivity index (χ0v) is 21.7. The van der Waals surface area contributed by atoms with Gasteiger partial charge in [0.15, 0.2) is 5.78 Å². The van der Waals surface area contributed by atoms with Crippen LogP contribution in [0, 0.1) is 17.3 Å². The van der Waals surface area contributed by atoms with Gasteiger partial charge in [-0.15, -0.1) is 0 Å². The summed E-state index contributed by atoms with van der Waals surface area (Å²) in [5, 5.41) is 14.1. The van der Waals surface area contributed by atoms with Crippen molar-refractivity contribution >= 4 is 11.7 Å². The first-order chi connectivity index (χ1) is 17.9. The van der Waals surface area contributed by atoms with Crippen LogP contribution in [0.15, 0.2) is 77.4 Å². The first kappa shape index (κ1) is 24.4. The molecule has 0 aliphatic heterocycles. The van der Waals surface area contributed by atoms with E-state index in [4.69, 9.17) is 0 Å². The van der Waals surface area contributed by atoms with Gasteiger partial charge in [0, 0.05) is 24.4 Å². The first-order valence-corrected chi connectivity index (χ1v) is 14.0. The van der Waals surface area contributed by atoms with Gasteiger partial charge in [0.2, 0.25) is 0 Å². The van der Waals surface area contributed by atoms with E-state index in [1.807, 2.05) is 36.4 Å². The monoisotopic (exact) mass is 495 g/mol. The first-order valence-electron chi connectivity index (χ1n) is 14.0. The van der Waals surface area contributed by atoms with Gasteiger partial charge < -0.3 is 10.4 Å². The average Bonchev–Trinajstić information content (AvgIpc) is 3.22. The van der Waals surface area contributed by atoms with Crippen LogP contribution < -0.4 is 5.32 Å². The summed E-state index contributed by atoms with van der Waals surface area (Å²) >= 11 is 0. The largest absolute Gasteiger partial charge is 0.393 e. The minimum atomic E-state index is -0.258. The molecule has 0 radical (unpaired) electrons. The summed E-state index contributed by atoms with van der Waals surface area (Å²) in [6.07, 6.45) is 8.86. The minimum Gasteiger partial charge on any atom is -0.393 e. The number of carbonyl (C=O) groups excluding carboxylic acids is 2. The molecule has 0 spiro atoms. The van der Waals surface area contributed by atoms with Crippen LogP contribution in [-0.4, -0.2) is 29.4 Å². The number of aliphatic hydroxyl groups is 1. The van der Waals surface area contributed by atoms with Gasteiger partial charge in [-0.05, 0) is 103 Å². The summed E-state index contributed by atoms with van der Waals surface area (Å²) in [4.78, 5) is 25.0. The van der Waals surface area contributed by atoms with Crippen LogP contribution in [0.3, 0.4) is 0 Å². The molecule has 2 N–H and O–H groups in total. The summed E-state index contributed by atoms with van der Waals surface area (Å²) < 4.78 is 0. The summed E-state index contributed by atoms with van der Waals surface area (Å²) in [5.74, 6) is 1.42. The van der Waals surface area contributed by atoms with Gasteiger partial charge in [-0.25, -0.2) is 0 Å². The van der Waals surface area contributed by atoms with Crippen molar-refractivity contribution < 1.29 is 14.7 Å². The zero-order valence-electron chi connectivity index (χ0n) is 21.7. The summed E-state index contributed by atoms with van der Waals surface area (Å²) in [7, 11) is 0. The molecule has 2 aromatic carbocycles. The minimum absolute atomic E-state index is 0.0436. The second kappa shape index (κ2) is 9.72. The Labute approximate surface area is 219 Å². The van der Waals surface area contributed by atoms with E-state index in [9.17, 15) is 14.7 Å². The molecule has 0 saturated heterocycles. The molecule has 4 aliphatic carbocycles. The van der Waals surface area contributed by atoms with E-state index in [1.54, 1.807) is 0 Å². The van der Waals surface area contributed by atoms with Crippen LogP contribution in [0.25, 0.3) is 0 Å². The lowest BCUT2D eigenvalue weighted by molar-refractivity contribution is -0.114. The van der Waals surface area contributed by atoms with Crippen molar-refractivity contribution in [2.24, 2.45) is 17.3 Å². The number of fused-ring (bicyclic) bond motifs is 4. The van der Waals surface area contributed by atoms with Crippen molar-refractivity contribution in [3.05, 3.63) is 94.1 Å². The molecule has 1 amide bonds. The number of allylic oxidation sites excluding steroid dienone is 4. The van der Waals surface area contributed by atoms with Crippen molar-refractivity contribution in [3.8, 4) is 0 Å². The topological polar surface area (TPSA) is 66.4 Å². The van der Waals surface area contributed by atoms with E-state index >= 15 is 0 Å². The van der Waals surface area contributed by atoms with Crippen molar-refractivity contribution in [1.82, 2.24) is 5.32 Å². The van der Waals surface area contributed by atoms with Crippen molar-refractivity contribution in [3.63, 3.8) is 0 Å². The zero-order chi connectivity index (χ0) is 25.6. The third-order valence-corrected chi connectivity index (χ3v) is 9.80. The predicted octanol–water partition coefficient (Wildman–Crippen LogP) is 5.92. The van der Waals surface area contributed by atoms with Gasteiger partial charge in [0.05, 0.1) is 6.10 Å². The maximum Gasteiger partial charge on any atom is 0.251 e. The third kappa shape index (κ3) is 4.40. The predicted molar refractivity (Wildman–Crippen MR) is 145 cm³/mol. The molecule has 0 bridgehead atoms. The maximum absolute atomic E-state index is 12.8. The molecular formula is C33H37NO3. The average molecular weight is 496 g/mol. The van der Waals surface area contributed by atoms with Crippen molar-refractivity contribution in [2.75, 3.05) is 6.54 Å². The SMILES string of the molecule is CC12CC(c3ccc(C(=O)NCCc4ccccc4)cc3)C3=C4CCC(=O)C=C4CCC3C1CCC2O. The molecule has 6 rings (SSSR count). The lowest BCUT2D eigenvalue weighted by Crippen LogP contribution is -2.45. The van der Waals surface area contributed by atoms with Gasteiger partial charge in [0.25, 0.3) is 5.91 Å². The Morgan fingerprint density at radius 1 is 1.00 bits per heavy atom. The number of aliphatic hydroxyl groups excluding tert-OH is 1. The molecular weight excluding hydrogens is 458 g/mol. The van der Waals surface area contributed by atoms with E-state index < -0.39 is 0 Å².